The number of methoxy groups -OCH3 is 1. The largest absolute Gasteiger partial charge is 0.381 e. The molecule has 0 heterocycles. The number of fused-ring (bicyclic) bond motifs is 2. The summed E-state index contributed by atoms with van der Waals surface area (Å²) in [7, 11) is 1.99. The Balaban J connectivity index is 1.47. The van der Waals surface area contributed by atoms with E-state index < -0.39 is 0 Å². The van der Waals surface area contributed by atoms with Crippen molar-refractivity contribution in [1.29, 1.82) is 0 Å². The van der Waals surface area contributed by atoms with E-state index in [0.717, 1.165) is 47.3 Å². The maximum Gasteiger partial charge on any atom is 0.0574 e. The van der Waals surface area contributed by atoms with Crippen LogP contribution in [-0.2, 0) is 4.74 Å². The van der Waals surface area contributed by atoms with Crippen molar-refractivity contribution in [2.45, 2.75) is 115 Å². The van der Waals surface area contributed by atoms with Crippen LogP contribution in [0.15, 0.2) is 0 Å². The number of hydrogen-bond donors (Lipinski definition) is 0. The molecule has 5 aliphatic rings. The highest BCUT2D eigenvalue weighted by Crippen LogP contribution is 2.62. The molecule has 0 saturated heterocycles. The minimum atomic E-state index is 0.569. The van der Waals surface area contributed by atoms with E-state index in [4.69, 9.17) is 4.74 Å². The lowest BCUT2D eigenvalue weighted by molar-refractivity contribution is -0.131. The van der Waals surface area contributed by atoms with Crippen molar-refractivity contribution in [3.05, 3.63) is 0 Å². The van der Waals surface area contributed by atoms with Crippen molar-refractivity contribution in [2.75, 3.05) is 7.11 Å². The molecule has 0 amide bonds. The number of hydrogen-bond acceptors (Lipinski definition) is 1. The highest BCUT2D eigenvalue weighted by Gasteiger charge is 2.55. The molecular weight excluding hydrogens is 340 g/mol. The lowest BCUT2D eigenvalue weighted by Gasteiger charge is -2.60. The molecule has 0 unspecified atom stereocenters. The second-order valence-corrected chi connectivity index (χ2v) is 11.6. The van der Waals surface area contributed by atoms with Crippen LogP contribution >= 0.6 is 0 Å². The summed E-state index contributed by atoms with van der Waals surface area (Å²) in [6.45, 7) is 0. The van der Waals surface area contributed by atoms with Gasteiger partial charge in [-0.15, -0.1) is 0 Å². The van der Waals surface area contributed by atoms with Gasteiger partial charge in [-0.3, -0.25) is 0 Å². The predicted molar refractivity (Wildman–Crippen MR) is 117 cm³/mol. The molecule has 28 heavy (non-hydrogen) atoms. The van der Waals surface area contributed by atoms with E-state index in [9.17, 15) is 0 Å². The average Bonchev–Trinajstić information content (AvgIpc) is 2.78. The average molecular weight is 387 g/mol. The van der Waals surface area contributed by atoms with Crippen LogP contribution in [0.4, 0.5) is 0 Å². The quantitative estimate of drug-likeness (QED) is 0.484. The molecule has 0 aliphatic heterocycles. The van der Waals surface area contributed by atoms with Crippen molar-refractivity contribution >= 4 is 0 Å². The second-order valence-electron chi connectivity index (χ2n) is 11.6. The van der Waals surface area contributed by atoms with Gasteiger partial charge in [0.15, 0.2) is 0 Å². The van der Waals surface area contributed by atoms with Gasteiger partial charge in [0.25, 0.3) is 0 Å². The smallest absolute Gasteiger partial charge is 0.0574 e. The van der Waals surface area contributed by atoms with Gasteiger partial charge in [0.1, 0.15) is 0 Å². The van der Waals surface area contributed by atoms with E-state index in [2.05, 4.69) is 0 Å². The Kier molecular flexibility index (Phi) is 6.39. The van der Waals surface area contributed by atoms with E-state index in [1.807, 2.05) is 7.11 Å². The fourth-order valence-corrected chi connectivity index (χ4v) is 9.54. The highest BCUT2D eigenvalue weighted by molar-refractivity contribution is 5.04. The van der Waals surface area contributed by atoms with E-state index in [0.29, 0.717) is 6.10 Å². The van der Waals surface area contributed by atoms with Crippen LogP contribution in [0.5, 0.6) is 0 Å². The zero-order valence-electron chi connectivity index (χ0n) is 18.6. The molecular formula is C27H46O. The monoisotopic (exact) mass is 386 g/mol. The Hall–Kier alpha value is -0.0400. The molecule has 160 valence electrons. The van der Waals surface area contributed by atoms with Crippen LogP contribution in [0.2, 0.25) is 0 Å². The molecule has 5 saturated carbocycles. The Morgan fingerprint density at radius 1 is 0.464 bits per heavy atom. The Labute approximate surface area is 174 Å². The molecule has 0 aromatic rings. The Morgan fingerprint density at radius 2 is 0.929 bits per heavy atom. The molecule has 0 aromatic heterocycles. The van der Waals surface area contributed by atoms with Gasteiger partial charge in [-0.2, -0.15) is 0 Å². The number of rotatable bonds is 3. The lowest BCUT2D eigenvalue weighted by atomic mass is 9.45. The van der Waals surface area contributed by atoms with Crippen LogP contribution < -0.4 is 0 Å². The van der Waals surface area contributed by atoms with E-state index >= 15 is 0 Å². The molecule has 0 aromatic carbocycles. The van der Waals surface area contributed by atoms with Gasteiger partial charge in [0, 0.05) is 7.11 Å². The first-order valence-electron chi connectivity index (χ1n) is 13.4. The lowest BCUT2D eigenvalue weighted by Crippen LogP contribution is -2.54. The molecule has 0 N–H and O–H groups in total. The third-order valence-corrected chi connectivity index (χ3v) is 10.5. The SMILES string of the molecule is CO[C@H]1CC[C@@H]2[C@@H](C1)[C@H](C1CCCCC1)[C@@H]1CCCC[C@@H]1[C@@H]2C1CCCCC1. The van der Waals surface area contributed by atoms with Crippen molar-refractivity contribution in [1.82, 2.24) is 0 Å². The standard InChI is InChI=1S/C27H46O/c1-28-21-16-17-24-25(18-21)27(20-12-6-3-7-13-20)23-15-9-8-14-22(23)26(24)19-10-4-2-5-11-19/h19-27H,2-18H2,1H3/t21-,22-,23+,24+,25+,26-,27+/m0/s1. The molecule has 0 bridgehead atoms. The maximum atomic E-state index is 5.99. The normalized spacial score (nSPS) is 46.0. The van der Waals surface area contributed by atoms with E-state index in [1.165, 1.54) is 64.2 Å². The van der Waals surface area contributed by atoms with E-state index in [1.54, 1.807) is 44.9 Å². The first-order chi connectivity index (χ1) is 13.9. The summed E-state index contributed by atoms with van der Waals surface area (Å²) < 4.78 is 5.99. The van der Waals surface area contributed by atoms with Crippen LogP contribution in [0, 0.1) is 47.3 Å². The molecule has 0 spiro atoms. The van der Waals surface area contributed by atoms with Gasteiger partial charge >= 0.3 is 0 Å². The molecule has 5 fully saturated rings. The van der Waals surface area contributed by atoms with Crippen molar-refractivity contribution in [2.24, 2.45) is 47.3 Å². The summed E-state index contributed by atoms with van der Waals surface area (Å²) in [4.78, 5) is 0. The fourth-order valence-electron chi connectivity index (χ4n) is 9.54. The fraction of sp³-hybridized carbons (Fsp3) is 1.00. The first-order valence-corrected chi connectivity index (χ1v) is 13.4. The van der Waals surface area contributed by atoms with Crippen LogP contribution in [-0.4, -0.2) is 13.2 Å². The van der Waals surface area contributed by atoms with Gasteiger partial charge < -0.3 is 4.74 Å². The van der Waals surface area contributed by atoms with Crippen LogP contribution in [0.3, 0.4) is 0 Å². The first kappa shape index (κ1) is 19.9. The number of ether oxygens (including phenoxy) is 1. The summed E-state index contributed by atoms with van der Waals surface area (Å²) in [6, 6.07) is 0. The van der Waals surface area contributed by atoms with Crippen molar-refractivity contribution < 1.29 is 4.74 Å². The van der Waals surface area contributed by atoms with E-state index in [-0.39, 0.29) is 0 Å². The van der Waals surface area contributed by atoms with Gasteiger partial charge in [0.05, 0.1) is 6.10 Å². The summed E-state index contributed by atoms with van der Waals surface area (Å²) in [5, 5.41) is 0. The molecule has 7 atom stereocenters. The molecule has 1 nitrogen and oxygen atoms in total. The van der Waals surface area contributed by atoms with Crippen LogP contribution in [0.1, 0.15) is 109 Å². The summed E-state index contributed by atoms with van der Waals surface area (Å²) in [5.41, 5.74) is 0. The van der Waals surface area contributed by atoms with Gasteiger partial charge in [-0.05, 0) is 79.4 Å². The van der Waals surface area contributed by atoms with Crippen molar-refractivity contribution in [3.8, 4) is 0 Å². The Morgan fingerprint density at radius 3 is 1.46 bits per heavy atom. The molecule has 0 radical (unpaired) electrons. The predicted octanol–water partition coefficient (Wildman–Crippen LogP) is 7.63. The highest BCUT2D eigenvalue weighted by atomic mass is 16.5. The second kappa shape index (κ2) is 8.99. The Bertz CT molecular complexity index is 488. The molecule has 1 heteroatoms. The topological polar surface area (TPSA) is 9.23 Å². The maximum absolute atomic E-state index is 5.99. The molecule has 5 rings (SSSR count). The van der Waals surface area contributed by atoms with Gasteiger partial charge in [-0.25, -0.2) is 0 Å². The third-order valence-electron chi connectivity index (χ3n) is 10.5. The minimum absolute atomic E-state index is 0.569. The zero-order valence-corrected chi connectivity index (χ0v) is 18.6. The summed E-state index contributed by atoms with van der Waals surface area (Å²) in [6.07, 6.45) is 26.5. The summed E-state index contributed by atoms with van der Waals surface area (Å²) in [5.74, 6) is 8.55. The minimum Gasteiger partial charge on any atom is -0.381 e. The summed E-state index contributed by atoms with van der Waals surface area (Å²) >= 11 is 0. The third kappa shape index (κ3) is 3.72. The van der Waals surface area contributed by atoms with Gasteiger partial charge in [0.2, 0.25) is 0 Å². The van der Waals surface area contributed by atoms with Crippen molar-refractivity contribution in [3.63, 3.8) is 0 Å². The zero-order chi connectivity index (χ0) is 18.9. The molecule has 5 aliphatic carbocycles. The van der Waals surface area contributed by atoms with Gasteiger partial charge in [-0.1, -0.05) is 77.0 Å². The van der Waals surface area contributed by atoms with Crippen LogP contribution in [0.25, 0.3) is 0 Å².